The molecule has 0 saturated heterocycles. The third-order valence-electron chi connectivity index (χ3n) is 1.02. The Morgan fingerprint density at radius 1 is 1.57 bits per heavy atom. The number of nitrogens with one attached hydrogen (secondary N) is 1. The van der Waals surface area contributed by atoms with Gasteiger partial charge < -0.3 is 18.1 Å². The van der Waals surface area contributed by atoms with Gasteiger partial charge in [-0.05, 0) is 12.8 Å². The molecule has 0 aromatic carbocycles. The lowest BCUT2D eigenvalue weighted by atomic mass is 10.4. The summed E-state index contributed by atoms with van der Waals surface area (Å²) in [5, 5.41) is 6.79. The van der Waals surface area contributed by atoms with E-state index in [1.807, 2.05) is 0 Å². The summed E-state index contributed by atoms with van der Waals surface area (Å²) in [5.74, 6) is 0.833. The Balaban J connectivity index is 0.000000360. The van der Waals surface area contributed by atoms with Gasteiger partial charge in [0.25, 0.3) is 0 Å². The van der Waals surface area contributed by atoms with Crippen LogP contribution in [0.1, 0.15) is 12.8 Å². The normalized spacial score (nSPS) is 17.7. The van der Waals surface area contributed by atoms with E-state index in [1.165, 1.54) is 0 Å². The summed E-state index contributed by atoms with van der Waals surface area (Å²) in [6.45, 7) is 0. The van der Waals surface area contributed by atoms with Gasteiger partial charge in [-0.2, -0.15) is 0 Å². The molecule has 0 amide bonds. The van der Waals surface area contributed by atoms with Gasteiger partial charge in [0, 0.05) is 5.92 Å². The highest BCUT2D eigenvalue weighted by Crippen LogP contribution is 2.27. The zero-order chi connectivity index (χ0) is 4.57. The summed E-state index contributed by atoms with van der Waals surface area (Å²) in [5.41, 5.74) is 5.08. The van der Waals surface area contributed by atoms with Crippen molar-refractivity contribution in [1.82, 2.24) is 0 Å². The van der Waals surface area contributed by atoms with Gasteiger partial charge in [-0.1, -0.05) is 0 Å². The van der Waals surface area contributed by atoms with E-state index in [1.54, 1.807) is 0 Å². The minimum absolute atomic E-state index is 0. The molecular weight excluding hydrogens is 112 g/mol. The van der Waals surface area contributed by atoms with Gasteiger partial charge in [-0.15, -0.1) is 0 Å². The number of nitrogens with two attached hydrogens (primary N) is 1. The predicted molar refractivity (Wildman–Crippen MR) is 24.6 cm³/mol. The Hall–Kier alpha value is -0.240. The fourth-order valence-corrected chi connectivity index (χ4v) is 0.394. The summed E-state index contributed by atoms with van der Waals surface area (Å²) in [6.07, 6.45) is 2.30. The van der Waals surface area contributed by atoms with E-state index in [0.717, 1.165) is 12.8 Å². The molecule has 1 saturated carbocycles. The van der Waals surface area contributed by atoms with Crippen molar-refractivity contribution in [2.45, 2.75) is 12.8 Å². The van der Waals surface area contributed by atoms with Crippen LogP contribution in [0.15, 0.2) is 0 Å². The van der Waals surface area contributed by atoms with Crippen LogP contribution in [0.5, 0.6) is 0 Å². The molecule has 1 fully saturated rings. The van der Waals surface area contributed by atoms with Crippen LogP contribution in [-0.2, 0) is 0 Å². The third-order valence-corrected chi connectivity index (χ3v) is 1.02. The number of amidine groups is 1. The average Bonchev–Trinajstić information content (AvgIpc) is 2.06. The molecule has 0 atom stereocenters. The molecule has 0 heterocycles. The van der Waals surface area contributed by atoms with Crippen molar-refractivity contribution in [2.75, 3.05) is 0 Å². The van der Waals surface area contributed by atoms with Crippen LogP contribution in [0, 0.1) is 11.3 Å². The minimum atomic E-state index is 0. The van der Waals surface area contributed by atoms with E-state index < -0.39 is 0 Å². The average molecular weight is 120 g/mol. The molecule has 3 heteroatoms. The van der Waals surface area contributed by atoms with Gasteiger partial charge in [0.2, 0.25) is 0 Å². The molecule has 0 aromatic heterocycles. The quantitative estimate of drug-likeness (QED) is 0.287. The summed E-state index contributed by atoms with van der Waals surface area (Å²) in [7, 11) is 0. The molecule has 0 aromatic rings. The Kier molecular flexibility index (Phi) is 2.09. The SMILES string of the molecule is N=C(N)C1CC1.[Cl-]. The largest absolute Gasteiger partial charge is 1.00 e. The monoisotopic (exact) mass is 119 g/mol. The fourth-order valence-electron chi connectivity index (χ4n) is 0.394. The lowest BCUT2D eigenvalue weighted by Gasteiger charge is -1.82. The molecule has 0 bridgehead atoms. The van der Waals surface area contributed by atoms with Crippen LogP contribution in [0.3, 0.4) is 0 Å². The molecular formula is C4H8ClN2-. The minimum Gasteiger partial charge on any atom is -1.00 e. The highest BCUT2D eigenvalue weighted by molar-refractivity contribution is 5.81. The maximum Gasteiger partial charge on any atom is 0.0936 e. The number of hydrogen-bond acceptors (Lipinski definition) is 1. The fraction of sp³-hybridized carbons (Fsp3) is 0.750. The summed E-state index contributed by atoms with van der Waals surface area (Å²) in [6, 6.07) is 0. The number of rotatable bonds is 1. The maximum atomic E-state index is 6.79. The Morgan fingerprint density at radius 3 is 2.00 bits per heavy atom. The van der Waals surface area contributed by atoms with E-state index in [-0.39, 0.29) is 12.4 Å². The highest BCUT2D eigenvalue weighted by Gasteiger charge is 2.23. The van der Waals surface area contributed by atoms with Gasteiger partial charge in [-0.3, -0.25) is 5.41 Å². The van der Waals surface area contributed by atoms with E-state index in [2.05, 4.69) is 0 Å². The van der Waals surface area contributed by atoms with E-state index in [9.17, 15) is 0 Å². The molecule has 0 spiro atoms. The van der Waals surface area contributed by atoms with Gasteiger partial charge in [-0.25, -0.2) is 0 Å². The van der Waals surface area contributed by atoms with Gasteiger partial charge in [0.05, 0.1) is 5.84 Å². The Morgan fingerprint density at radius 2 is 2.00 bits per heavy atom. The smallest absolute Gasteiger partial charge is 0.0936 e. The van der Waals surface area contributed by atoms with Crippen molar-refractivity contribution >= 4 is 5.84 Å². The molecule has 1 aliphatic rings. The lowest BCUT2D eigenvalue weighted by Crippen LogP contribution is -3.00. The van der Waals surface area contributed by atoms with Gasteiger partial charge >= 0.3 is 0 Å². The van der Waals surface area contributed by atoms with Crippen LogP contribution >= 0.6 is 0 Å². The molecule has 0 radical (unpaired) electrons. The van der Waals surface area contributed by atoms with Crippen molar-refractivity contribution < 1.29 is 12.4 Å². The molecule has 2 nitrogen and oxygen atoms in total. The van der Waals surface area contributed by atoms with Crippen molar-refractivity contribution in [2.24, 2.45) is 11.7 Å². The Bertz CT molecular complexity index is 77.8. The Labute approximate surface area is 49.0 Å². The summed E-state index contributed by atoms with van der Waals surface area (Å²) < 4.78 is 0. The highest BCUT2D eigenvalue weighted by atomic mass is 35.5. The second-order valence-corrected chi connectivity index (χ2v) is 1.73. The van der Waals surface area contributed by atoms with E-state index in [4.69, 9.17) is 11.1 Å². The second-order valence-electron chi connectivity index (χ2n) is 1.73. The molecule has 3 N–H and O–H groups in total. The summed E-state index contributed by atoms with van der Waals surface area (Å²) in [4.78, 5) is 0. The zero-order valence-corrected chi connectivity index (χ0v) is 4.70. The van der Waals surface area contributed by atoms with Crippen LogP contribution in [0.25, 0.3) is 0 Å². The van der Waals surface area contributed by atoms with Gasteiger partial charge in [0.15, 0.2) is 0 Å². The number of halogens is 1. The maximum absolute atomic E-state index is 6.79. The van der Waals surface area contributed by atoms with Crippen molar-refractivity contribution in [3.8, 4) is 0 Å². The molecule has 1 rings (SSSR count). The number of hydrogen-bond donors (Lipinski definition) is 2. The predicted octanol–water partition coefficient (Wildman–Crippen LogP) is -2.66. The van der Waals surface area contributed by atoms with Crippen molar-refractivity contribution in [3.05, 3.63) is 0 Å². The molecule has 0 aliphatic heterocycles. The van der Waals surface area contributed by atoms with Crippen molar-refractivity contribution in [1.29, 1.82) is 5.41 Å². The van der Waals surface area contributed by atoms with Crippen LogP contribution in [0.2, 0.25) is 0 Å². The first-order chi connectivity index (χ1) is 2.80. The molecule has 1 aliphatic carbocycles. The third kappa shape index (κ3) is 1.78. The van der Waals surface area contributed by atoms with Crippen molar-refractivity contribution in [3.63, 3.8) is 0 Å². The molecule has 0 unspecified atom stereocenters. The zero-order valence-electron chi connectivity index (χ0n) is 3.95. The van der Waals surface area contributed by atoms with E-state index >= 15 is 0 Å². The standard InChI is InChI=1S/C4H8N2.ClH/c5-4(6)3-1-2-3;/h3H,1-2H2,(H3,5,6);1H/p-1. The van der Waals surface area contributed by atoms with E-state index in [0.29, 0.717) is 11.8 Å². The second kappa shape index (κ2) is 2.17. The first-order valence-electron chi connectivity index (χ1n) is 2.14. The van der Waals surface area contributed by atoms with Gasteiger partial charge in [0.1, 0.15) is 0 Å². The van der Waals surface area contributed by atoms with Crippen LogP contribution < -0.4 is 18.1 Å². The lowest BCUT2D eigenvalue weighted by molar-refractivity contribution is -0.00000168. The van der Waals surface area contributed by atoms with Crippen LogP contribution in [-0.4, -0.2) is 5.84 Å². The first kappa shape index (κ1) is 6.76. The molecule has 42 valence electrons. The van der Waals surface area contributed by atoms with Crippen LogP contribution in [0.4, 0.5) is 0 Å². The topological polar surface area (TPSA) is 49.9 Å². The summed E-state index contributed by atoms with van der Waals surface area (Å²) >= 11 is 0. The molecule has 7 heavy (non-hydrogen) atoms. The first-order valence-corrected chi connectivity index (χ1v) is 2.14.